The first-order chi connectivity index (χ1) is 9.58. The van der Waals surface area contributed by atoms with E-state index in [0.717, 1.165) is 11.6 Å². The molecule has 2 aromatic rings. The van der Waals surface area contributed by atoms with Crippen LogP contribution < -0.4 is 5.32 Å². The Morgan fingerprint density at radius 1 is 1.35 bits per heavy atom. The molecule has 0 amide bonds. The lowest BCUT2D eigenvalue weighted by Gasteiger charge is -2.14. The van der Waals surface area contributed by atoms with Crippen molar-refractivity contribution in [2.75, 3.05) is 0 Å². The molecule has 0 saturated carbocycles. The molecule has 0 fully saturated rings. The highest BCUT2D eigenvalue weighted by Crippen LogP contribution is 2.20. The van der Waals surface area contributed by atoms with E-state index >= 15 is 0 Å². The van der Waals surface area contributed by atoms with Crippen molar-refractivity contribution in [2.24, 2.45) is 0 Å². The number of hydrogen-bond donors (Lipinski definition) is 1. The number of nitrogens with one attached hydrogen (secondary N) is 1. The normalized spacial score (nSPS) is 12.1. The van der Waals surface area contributed by atoms with Crippen molar-refractivity contribution in [1.29, 1.82) is 0 Å². The van der Waals surface area contributed by atoms with Gasteiger partial charge in [-0.2, -0.15) is 0 Å². The van der Waals surface area contributed by atoms with Gasteiger partial charge in [-0.05, 0) is 36.8 Å². The summed E-state index contributed by atoms with van der Waals surface area (Å²) in [5, 5.41) is 14.0. The van der Waals surface area contributed by atoms with E-state index in [1.807, 2.05) is 19.1 Å². The summed E-state index contributed by atoms with van der Waals surface area (Å²) < 4.78 is 13.2. The van der Waals surface area contributed by atoms with Crippen LogP contribution in [0, 0.1) is 15.9 Å². The SMILES string of the molecule is CC(NCc1cc(F)ccc1[N+](=O)[O-])c1ccncc1. The van der Waals surface area contributed by atoms with Gasteiger partial charge in [0.25, 0.3) is 5.69 Å². The molecule has 0 radical (unpaired) electrons. The molecule has 20 heavy (non-hydrogen) atoms. The van der Waals surface area contributed by atoms with Crippen molar-refractivity contribution >= 4 is 5.69 Å². The van der Waals surface area contributed by atoms with Crippen molar-refractivity contribution in [1.82, 2.24) is 10.3 Å². The van der Waals surface area contributed by atoms with E-state index in [4.69, 9.17) is 0 Å². The average molecular weight is 275 g/mol. The molecule has 6 heteroatoms. The number of rotatable bonds is 5. The van der Waals surface area contributed by atoms with Gasteiger partial charge < -0.3 is 5.32 Å². The molecule has 5 nitrogen and oxygen atoms in total. The maximum absolute atomic E-state index is 13.2. The quantitative estimate of drug-likeness (QED) is 0.672. The Morgan fingerprint density at radius 3 is 2.70 bits per heavy atom. The number of nitrogens with zero attached hydrogens (tertiary/aromatic N) is 2. The van der Waals surface area contributed by atoms with Gasteiger partial charge in [0.05, 0.1) is 4.92 Å². The van der Waals surface area contributed by atoms with Gasteiger partial charge in [-0.15, -0.1) is 0 Å². The van der Waals surface area contributed by atoms with Gasteiger partial charge in [0, 0.05) is 36.6 Å². The Kier molecular flexibility index (Phi) is 4.37. The number of nitro groups is 1. The van der Waals surface area contributed by atoms with Gasteiger partial charge in [0.2, 0.25) is 0 Å². The molecule has 0 saturated heterocycles. The molecular formula is C14H14FN3O2. The van der Waals surface area contributed by atoms with Crippen molar-refractivity contribution in [3.8, 4) is 0 Å². The number of halogens is 1. The summed E-state index contributed by atoms with van der Waals surface area (Å²) in [6.45, 7) is 2.15. The lowest BCUT2D eigenvalue weighted by Crippen LogP contribution is -2.18. The van der Waals surface area contributed by atoms with E-state index in [0.29, 0.717) is 5.56 Å². The fourth-order valence-electron chi connectivity index (χ4n) is 1.91. The molecule has 1 atom stereocenters. The monoisotopic (exact) mass is 275 g/mol. The predicted molar refractivity (Wildman–Crippen MR) is 72.5 cm³/mol. The molecule has 1 heterocycles. The van der Waals surface area contributed by atoms with Crippen LogP contribution in [-0.4, -0.2) is 9.91 Å². The molecule has 1 N–H and O–H groups in total. The second-order valence-corrected chi connectivity index (χ2v) is 4.41. The molecule has 104 valence electrons. The lowest BCUT2D eigenvalue weighted by atomic mass is 10.1. The van der Waals surface area contributed by atoms with Crippen LogP contribution in [0.2, 0.25) is 0 Å². The zero-order chi connectivity index (χ0) is 14.5. The highest BCUT2D eigenvalue weighted by molar-refractivity contribution is 5.40. The summed E-state index contributed by atoms with van der Waals surface area (Å²) in [4.78, 5) is 14.3. The van der Waals surface area contributed by atoms with Crippen molar-refractivity contribution in [2.45, 2.75) is 19.5 Å². The Hall–Kier alpha value is -2.34. The van der Waals surface area contributed by atoms with E-state index in [1.165, 1.54) is 12.1 Å². The maximum atomic E-state index is 13.2. The van der Waals surface area contributed by atoms with Crippen LogP contribution >= 0.6 is 0 Å². The fourth-order valence-corrected chi connectivity index (χ4v) is 1.91. The minimum atomic E-state index is -0.506. The average Bonchev–Trinajstić information content (AvgIpc) is 2.45. The third-order valence-electron chi connectivity index (χ3n) is 3.04. The number of hydrogen-bond acceptors (Lipinski definition) is 4. The Morgan fingerprint density at radius 2 is 2.05 bits per heavy atom. The molecule has 0 aliphatic rings. The fraction of sp³-hybridized carbons (Fsp3) is 0.214. The Labute approximate surface area is 115 Å². The van der Waals surface area contributed by atoms with Crippen LogP contribution in [0.5, 0.6) is 0 Å². The topological polar surface area (TPSA) is 68.1 Å². The zero-order valence-corrected chi connectivity index (χ0v) is 10.9. The standard InChI is InChI=1S/C14H14FN3O2/c1-10(11-4-6-16-7-5-11)17-9-12-8-13(15)2-3-14(12)18(19)20/h2-8,10,17H,9H2,1H3. The molecule has 0 spiro atoms. The minimum absolute atomic E-state index is 0.0131. The van der Waals surface area contributed by atoms with Crippen molar-refractivity contribution in [3.05, 3.63) is 69.8 Å². The van der Waals surface area contributed by atoms with Gasteiger partial charge in [-0.1, -0.05) is 0 Å². The predicted octanol–water partition coefficient (Wildman–Crippen LogP) is 2.98. The van der Waals surface area contributed by atoms with Gasteiger partial charge >= 0.3 is 0 Å². The smallest absolute Gasteiger partial charge is 0.274 e. The first-order valence-corrected chi connectivity index (χ1v) is 6.14. The molecule has 2 rings (SSSR count). The molecule has 0 aliphatic heterocycles. The van der Waals surface area contributed by atoms with Crippen molar-refractivity contribution in [3.63, 3.8) is 0 Å². The molecule has 1 unspecified atom stereocenters. The lowest BCUT2D eigenvalue weighted by molar-refractivity contribution is -0.385. The van der Waals surface area contributed by atoms with E-state index in [9.17, 15) is 14.5 Å². The summed E-state index contributed by atoms with van der Waals surface area (Å²) in [6.07, 6.45) is 3.36. The Bertz CT molecular complexity index is 605. The van der Waals surface area contributed by atoms with Gasteiger partial charge in [0.1, 0.15) is 5.82 Å². The van der Waals surface area contributed by atoms with Gasteiger partial charge in [0.15, 0.2) is 0 Å². The second kappa shape index (κ2) is 6.21. The summed E-state index contributed by atoms with van der Waals surface area (Å²) >= 11 is 0. The van der Waals surface area contributed by atoms with E-state index < -0.39 is 10.7 Å². The zero-order valence-electron chi connectivity index (χ0n) is 10.9. The van der Waals surface area contributed by atoms with Crippen LogP contribution in [0.25, 0.3) is 0 Å². The first kappa shape index (κ1) is 14.1. The largest absolute Gasteiger partial charge is 0.306 e. The molecule has 0 aliphatic carbocycles. The number of nitro benzene ring substituents is 1. The highest BCUT2D eigenvalue weighted by Gasteiger charge is 2.15. The van der Waals surface area contributed by atoms with Crippen LogP contribution in [0.1, 0.15) is 24.1 Å². The van der Waals surface area contributed by atoms with Gasteiger partial charge in [-0.3, -0.25) is 15.1 Å². The summed E-state index contributed by atoms with van der Waals surface area (Å²) in [6, 6.07) is 7.16. The summed E-state index contributed by atoms with van der Waals surface area (Å²) in [5.41, 5.74) is 1.26. The molecular weight excluding hydrogens is 261 g/mol. The number of pyridine rings is 1. The number of aromatic nitrogens is 1. The second-order valence-electron chi connectivity index (χ2n) is 4.41. The number of benzene rings is 1. The molecule has 1 aromatic carbocycles. The third kappa shape index (κ3) is 3.36. The third-order valence-corrected chi connectivity index (χ3v) is 3.04. The molecule has 1 aromatic heterocycles. The summed E-state index contributed by atoms with van der Waals surface area (Å²) in [7, 11) is 0. The van der Waals surface area contributed by atoms with E-state index in [-0.39, 0.29) is 18.3 Å². The van der Waals surface area contributed by atoms with Crippen LogP contribution in [-0.2, 0) is 6.54 Å². The van der Waals surface area contributed by atoms with Gasteiger partial charge in [-0.25, -0.2) is 4.39 Å². The van der Waals surface area contributed by atoms with Crippen LogP contribution in [0.4, 0.5) is 10.1 Å². The summed E-state index contributed by atoms with van der Waals surface area (Å²) in [5.74, 6) is -0.482. The maximum Gasteiger partial charge on any atom is 0.274 e. The molecule has 0 bridgehead atoms. The minimum Gasteiger partial charge on any atom is -0.306 e. The first-order valence-electron chi connectivity index (χ1n) is 6.14. The van der Waals surface area contributed by atoms with Crippen molar-refractivity contribution < 1.29 is 9.31 Å². The van der Waals surface area contributed by atoms with Crippen LogP contribution in [0.3, 0.4) is 0 Å². The van der Waals surface area contributed by atoms with E-state index in [1.54, 1.807) is 12.4 Å². The highest BCUT2D eigenvalue weighted by atomic mass is 19.1. The Balaban J connectivity index is 2.11. The van der Waals surface area contributed by atoms with E-state index in [2.05, 4.69) is 10.3 Å². The van der Waals surface area contributed by atoms with Crippen LogP contribution in [0.15, 0.2) is 42.7 Å².